The molecule has 4 aromatic carbocycles. The van der Waals surface area contributed by atoms with Crippen LogP contribution in [-0.4, -0.2) is 108 Å². The van der Waals surface area contributed by atoms with Crippen molar-refractivity contribution in [3.05, 3.63) is 127 Å². The molecule has 4 aromatic rings. The lowest BCUT2D eigenvalue weighted by Gasteiger charge is -2.25. The number of ether oxygens (including phenoxy) is 10. The highest BCUT2D eigenvalue weighted by Crippen LogP contribution is 2.42. The van der Waals surface area contributed by atoms with Crippen LogP contribution in [0.5, 0.6) is 23.0 Å². The summed E-state index contributed by atoms with van der Waals surface area (Å²) in [4.78, 5) is 88.1. The van der Waals surface area contributed by atoms with E-state index in [0.717, 1.165) is 202 Å². The second-order valence-electron chi connectivity index (χ2n) is 23.6. The number of fused-ring (bicyclic) bond motifs is 8. The zero-order valence-electron chi connectivity index (χ0n) is 56.3. The highest BCUT2D eigenvalue weighted by molar-refractivity contribution is 6.32. The van der Waals surface area contributed by atoms with E-state index in [4.69, 9.17) is 47.4 Å². The molecule has 0 fully saturated rings. The van der Waals surface area contributed by atoms with Crippen LogP contribution in [0.3, 0.4) is 0 Å². The van der Waals surface area contributed by atoms with E-state index in [9.17, 15) is 33.6 Å². The van der Waals surface area contributed by atoms with Crippen LogP contribution in [0.1, 0.15) is 225 Å². The van der Waals surface area contributed by atoms with Crippen molar-refractivity contribution in [1.29, 1.82) is 0 Å². The fourth-order valence-electron chi connectivity index (χ4n) is 11.4. The van der Waals surface area contributed by atoms with Crippen molar-refractivity contribution >= 4 is 41.6 Å². The van der Waals surface area contributed by atoms with Gasteiger partial charge in [0.1, 0.15) is 75.9 Å². The van der Waals surface area contributed by atoms with Crippen LogP contribution < -0.4 is 18.9 Å². The number of carbonyl (C=O) groups is 7. The van der Waals surface area contributed by atoms with E-state index in [1.54, 1.807) is 20.8 Å². The van der Waals surface area contributed by atoms with Gasteiger partial charge in [0.15, 0.2) is 0 Å². The Labute approximate surface area is 546 Å². The van der Waals surface area contributed by atoms with Crippen LogP contribution >= 0.6 is 0 Å². The molecule has 0 atom stereocenters. The third-order valence-corrected chi connectivity index (χ3v) is 15.8. The summed E-state index contributed by atoms with van der Waals surface area (Å²) in [6, 6.07) is 17.5. The van der Waals surface area contributed by atoms with Gasteiger partial charge in [-0.15, -0.1) is 0 Å². The van der Waals surface area contributed by atoms with Crippen LogP contribution in [0, 0.1) is 0 Å². The molecule has 1 aliphatic carbocycles. The lowest BCUT2D eigenvalue weighted by atomic mass is 9.87. The van der Waals surface area contributed by atoms with Crippen molar-refractivity contribution in [1.82, 2.24) is 0 Å². The number of esters is 6. The molecular formula is C75H102O17. The molecule has 504 valence electrons. The molecule has 17 nitrogen and oxygen atoms in total. The van der Waals surface area contributed by atoms with Crippen molar-refractivity contribution in [3.63, 3.8) is 0 Å². The number of Topliss-reactive ketones (excluding diaryl/α,β-unsaturated/α-hetero) is 1. The quantitative estimate of drug-likeness (QED) is 0.0117. The van der Waals surface area contributed by atoms with E-state index in [-0.39, 0.29) is 84.5 Å². The van der Waals surface area contributed by atoms with Gasteiger partial charge in [0.25, 0.3) is 0 Å². The zero-order chi connectivity index (χ0) is 66.6. The standard InChI is InChI=1S/C75H102O17/c1-10-16-20-24-28-54-40-58-48-60-42-55(29-25-21-17-11-2)43-61(67(60)86-33-37-90-71(78)53(9)76)50-63-45-57(31-27-23-19-13-4)47-65(69(63)88-35-39-92-75(82)73(80)84-15-6)51-64-46-56(30-26-22-18-12-3)44-62(68(64)87-34-38-91-74(81)72(79)83-14-5)49-59(41-54)66(58)85-32-36-89-70(77)52(7)8/h40-47H,7,10-39,48-51H2,1-6,8-9H3. The Balaban J connectivity index is 1.94. The fraction of sp³-hybridized carbons (Fsp3) is 0.560. The molecular weight excluding hydrogens is 1170 g/mol. The molecule has 17 heteroatoms. The molecule has 92 heavy (non-hydrogen) atoms. The number of ketones is 1. The molecule has 0 N–H and O–H groups in total. The van der Waals surface area contributed by atoms with E-state index in [2.05, 4.69) is 82.8 Å². The molecule has 0 spiro atoms. The van der Waals surface area contributed by atoms with Crippen LogP contribution in [0.2, 0.25) is 0 Å². The summed E-state index contributed by atoms with van der Waals surface area (Å²) in [5.41, 5.74) is 11.3. The van der Waals surface area contributed by atoms with Gasteiger partial charge in [-0.3, -0.25) is 4.79 Å². The SMILES string of the molecule is C=C(C)C(=O)OCCOc1c2cc(CCCCCC)cc1Cc1cc(CCCCCC)cc(c1OCCOC(=O)C(=O)OCC)Cc1cc(CCCCCC)cc(c1OCCOC(=O)C(=O)OCC)Cc1cc(CCCCCC)cc(c1OCCOC(=O)C(C)=O)C2. The average Bonchev–Trinajstić information content (AvgIpc) is 0.865. The normalized spacial score (nSPS) is 11.7. The van der Waals surface area contributed by atoms with Crippen LogP contribution in [-0.2, 0) is 113 Å². The zero-order valence-corrected chi connectivity index (χ0v) is 56.3. The first-order valence-corrected chi connectivity index (χ1v) is 33.8. The first-order valence-electron chi connectivity index (χ1n) is 33.8. The second-order valence-corrected chi connectivity index (χ2v) is 23.6. The number of carbonyl (C=O) groups excluding carboxylic acids is 7. The van der Waals surface area contributed by atoms with Gasteiger partial charge in [0.05, 0.1) is 13.2 Å². The van der Waals surface area contributed by atoms with Gasteiger partial charge >= 0.3 is 35.8 Å². The summed E-state index contributed by atoms with van der Waals surface area (Å²) in [6.07, 6.45) is 20.7. The number of aryl methyl sites for hydroxylation is 4. The first-order chi connectivity index (χ1) is 44.5. The van der Waals surface area contributed by atoms with E-state index in [1.807, 2.05) is 0 Å². The number of hydrogen-bond acceptors (Lipinski definition) is 17. The largest absolute Gasteiger partial charge is 0.489 e. The van der Waals surface area contributed by atoms with Crippen LogP contribution in [0.25, 0.3) is 0 Å². The minimum Gasteiger partial charge on any atom is -0.489 e. The molecule has 8 bridgehead atoms. The smallest absolute Gasteiger partial charge is 0.417 e. The highest BCUT2D eigenvalue weighted by Gasteiger charge is 2.27. The summed E-state index contributed by atoms with van der Waals surface area (Å²) >= 11 is 0. The monoisotopic (exact) mass is 1270 g/mol. The minimum atomic E-state index is -1.13. The molecule has 0 unspecified atom stereocenters. The van der Waals surface area contributed by atoms with Gasteiger partial charge in [-0.25, -0.2) is 28.8 Å². The number of benzene rings is 4. The van der Waals surface area contributed by atoms with Crippen molar-refractivity contribution in [2.75, 3.05) is 66.1 Å². The molecule has 0 heterocycles. The van der Waals surface area contributed by atoms with Crippen molar-refractivity contribution in [2.45, 2.75) is 209 Å². The lowest BCUT2D eigenvalue weighted by molar-refractivity contribution is -0.167. The predicted molar refractivity (Wildman–Crippen MR) is 353 cm³/mol. The summed E-state index contributed by atoms with van der Waals surface area (Å²) in [5, 5.41) is 0. The minimum absolute atomic E-state index is 0.000745. The molecule has 0 amide bonds. The van der Waals surface area contributed by atoms with Gasteiger partial charge < -0.3 is 47.4 Å². The maximum Gasteiger partial charge on any atom is 0.417 e. The van der Waals surface area contributed by atoms with Crippen molar-refractivity contribution < 1.29 is 80.9 Å². The molecule has 0 radical (unpaired) electrons. The predicted octanol–water partition coefficient (Wildman–Crippen LogP) is 13.8. The van der Waals surface area contributed by atoms with Gasteiger partial charge in [0, 0.05) is 38.2 Å². The maximum absolute atomic E-state index is 12.8. The van der Waals surface area contributed by atoms with Gasteiger partial charge in [-0.05, 0) is 139 Å². The molecule has 0 aromatic heterocycles. The molecule has 5 rings (SSSR count). The Morgan fingerprint density at radius 2 is 0.533 bits per heavy atom. The van der Waals surface area contributed by atoms with Crippen LogP contribution in [0.4, 0.5) is 0 Å². The van der Waals surface area contributed by atoms with E-state index in [1.165, 1.54) is 0 Å². The highest BCUT2D eigenvalue weighted by atomic mass is 16.6. The molecule has 0 saturated heterocycles. The Bertz CT molecular complexity index is 2860. The number of unbranched alkanes of at least 4 members (excludes halogenated alkanes) is 12. The van der Waals surface area contributed by atoms with Crippen molar-refractivity contribution in [3.8, 4) is 23.0 Å². The summed E-state index contributed by atoms with van der Waals surface area (Å²) in [5.74, 6) is -4.46. The Hall–Kier alpha value is -7.69. The summed E-state index contributed by atoms with van der Waals surface area (Å²) in [6.45, 7) is 17.4. The first kappa shape index (κ1) is 75.0. The van der Waals surface area contributed by atoms with Crippen molar-refractivity contribution in [2.24, 2.45) is 0 Å². The Morgan fingerprint density at radius 3 is 0.750 bits per heavy atom. The molecule has 0 aliphatic heterocycles. The molecule has 0 saturated carbocycles. The van der Waals surface area contributed by atoms with E-state index >= 15 is 0 Å². The number of rotatable bonds is 40. The van der Waals surface area contributed by atoms with Gasteiger partial charge in [0.2, 0.25) is 5.78 Å². The van der Waals surface area contributed by atoms with E-state index < -0.39 is 41.6 Å². The van der Waals surface area contributed by atoms with Crippen LogP contribution in [0.15, 0.2) is 60.7 Å². The van der Waals surface area contributed by atoms with Gasteiger partial charge in [-0.1, -0.05) is 160 Å². The molecule has 1 aliphatic rings. The fourth-order valence-corrected chi connectivity index (χ4v) is 11.4. The van der Waals surface area contributed by atoms with E-state index in [0.29, 0.717) is 35.8 Å². The summed E-state index contributed by atoms with van der Waals surface area (Å²) in [7, 11) is 0. The topological polar surface area (TPSA) is 212 Å². The van der Waals surface area contributed by atoms with Gasteiger partial charge in [-0.2, -0.15) is 0 Å². The second kappa shape index (κ2) is 41.7. The maximum atomic E-state index is 12.8. The third kappa shape index (κ3) is 25.4. The Morgan fingerprint density at radius 1 is 0.304 bits per heavy atom. The third-order valence-electron chi connectivity index (χ3n) is 15.8. The average molecular weight is 1280 g/mol. The lowest BCUT2D eigenvalue weighted by Crippen LogP contribution is -2.23. The summed E-state index contributed by atoms with van der Waals surface area (Å²) < 4.78 is 59.5. The Kier molecular flexibility index (Phi) is 34.0. The number of hydrogen-bond donors (Lipinski definition) is 0.